The SMILES string of the molecule is O=C(O)c1cc2ncc(Br)cn2c1. The third kappa shape index (κ3) is 1.42. The Hall–Kier alpha value is -1.36. The lowest BCUT2D eigenvalue weighted by atomic mass is 10.3. The Labute approximate surface area is 82.0 Å². The second-order valence-corrected chi connectivity index (χ2v) is 3.49. The van der Waals surface area contributed by atoms with E-state index in [0.717, 1.165) is 4.47 Å². The third-order valence-corrected chi connectivity index (χ3v) is 2.07. The summed E-state index contributed by atoms with van der Waals surface area (Å²) >= 11 is 3.25. The average molecular weight is 241 g/mol. The van der Waals surface area contributed by atoms with Crippen molar-refractivity contribution in [2.75, 3.05) is 0 Å². The third-order valence-electron chi connectivity index (χ3n) is 1.66. The fraction of sp³-hybridized carbons (Fsp3) is 0. The highest BCUT2D eigenvalue weighted by atomic mass is 79.9. The fourth-order valence-corrected chi connectivity index (χ4v) is 1.41. The van der Waals surface area contributed by atoms with Crippen molar-refractivity contribution in [2.24, 2.45) is 0 Å². The average Bonchev–Trinajstić information content (AvgIpc) is 2.46. The van der Waals surface area contributed by atoms with Gasteiger partial charge in [0, 0.05) is 18.6 Å². The molecule has 0 aliphatic rings. The van der Waals surface area contributed by atoms with Gasteiger partial charge in [-0.1, -0.05) is 0 Å². The molecule has 2 aromatic rings. The van der Waals surface area contributed by atoms with E-state index >= 15 is 0 Å². The Kier molecular flexibility index (Phi) is 1.81. The molecular weight excluding hydrogens is 236 g/mol. The van der Waals surface area contributed by atoms with Crippen molar-refractivity contribution in [2.45, 2.75) is 0 Å². The first kappa shape index (κ1) is 8.25. The van der Waals surface area contributed by atoms with Crippen LogP contribution in [0, 0.1) is 0 Å². The second kappa shape index (κ2) is 2.85. The van der Waals surface area contributed by atoms with Crippen LogP contribution in [0.5, 0.6) is 0 Å². The zero-order chi connectivity index (χ0) is 9.42. The van der Waals surface area contributed by atoms with E-state index in [0.29, 0.717) is 5.65 Å². The minimum Gasteiger partial charge on any atom is -0.478 e. The Balaban J connectivity index is 2.68. The molecule has 2 rings (SSSR count). The molecular formula is C8H5BrN2O2. The van der Waals surface area contributed by atoms with E-state index in [4.69, 9.17) is 5.11 Å². The fourth-order valence-electron chi connectivity index (χ4n) is 1.09. The molecule has 0 bridgehead atoms. The van der Waals surface area contributed by atoms with Gasteiger partial charge in [-0.15, -0.1) is 0 Å². The summed E-state index contributed by atoms with van der Waals surface area (Å²) in [7, 11) is 0. The summed E-state index contributed by atoms with van der Waals surface area (Å²) in [6, 6.07) is 1.52. The molecule has 0 aliphatic carbocycles. The topological polar surface area (TPSA) is 54.6 Å². The molecule has 0 saturated carbocycles. The summed E-state index contributed by atoms with van der Waals surface area (Å²) in [4.78, 5) is 14.6. The van der Waals surface area contributed by atoms with Crippen LogP contribution in [0.4, 0.5) is 0 Å². The van der Waals surface area contributed by atoms with Crippen LogP contribution >= 0.6 is 15.9 Å². The largest absolute Gasteiger partial charge is 0.478 e. The molecule has 0 atom stereocenters. The summed E-state index contributed by atoms with van der Waals surface area (Å²) in [6.07, 6.45) is 4.91. The van der Waals surface area contributed by atoms with E-state index < -0.39 is 5.97 Å². The quantitative estimate of drug-likeness (QED) is 0.828. The van der Waals surface area contributed by atoms with Crippen molar-refractivity contribution in [1.29, 1.82) is 0 Å². The lowest BCUT2D eigenvalue weighted by Crippen LogP contribution is -1.92. The molecule has 0 saturated heterocycles. The van der Waals surface area contributed by atoms with Crippen LogP contribution in [0.15, 0.2) is 29.1 Å². The maximum Gasteiger partial charge on any atom is 0.337 e. The van der Waals surface area contributed by atoms with Crippen LogP contribution in [0.3, 0.4) is 0 Å². The molecule has 5 heteroatoms. The van der Waals surface area contributed by atoms with Crippen molar-refractivity contribution < 1.29 is 9.90 Å². The van der Waals surface area contributed by atoms with Gasteiger partial charge in [0.05, 0.1) is 10.0 Å². The number of aromatic nitrogens is 2. The highest BCUT2D eigenvalue weighted by molar-refractivity contribution is 9.10. The Morgan fingerprint density at radius 1 is 1.54 bits per heavy atom. The summed E-state index contributed by atoms with van der Waals surface area (Å²) in [5.74, 6) is -0.943. The van der Waals surface area contributed by atoms with Gasteiger partial charge in [-0.05, 0) is 22.0 Å². The number of carbonyl (C=O) groups is 1. The lowest BCUT2D eigenvalue weighted by molar-refractivity contribution is 0.0697. The second-order valence-electron chi connectivity index (χ2n) is 2.57. The number of carboxylic acid groups (broad SMARTS) is 1. The molecule has 2 heterocycles. The first-order valence-electron chi connectivity index (χ1n) is 3.53. The van der Waals surface area contributed by atoms with Gasteiger partial charge < -0.3 is 9.51 Å². The van der Waals surface area contributed by atoms with Gasteiger partial charge in [0.1, 0.15) is 5.65 Å². The van der Waals surface area contributed by atoms with Crippen LogP contribution in [0.25, 0.3) is 5.65 Å². The minimum atomic E-state index is -0.943. The number of halogens is 1. The predicted octanol–water partition coefficient (Wildman–Crippen LogP) is 1.79. The molecule has 0 fully saturated rings. The number of hydrogen-bond donors (Lipinski definition) is 1. The van der Waals surface area contributed by atoms with E-state index in [1.54, 1.807) is 16.8 Å². The zero-order valence-electron chi connectivity index (χ0n) is 6.44. The van der Waals surface area contributed by atoms with Crippen molar-refractivity contribution in [3.63, 3.8) is 0 Å². The number of fused-ring (bicyclic) bond motifs is 1. The van der Waals surface area contributed by atoms with E-state index in [1.807, 2.05) is 0 Å². The first-order chi connectivity index (χ1) is 6.16. The van der Waals surface area contributed by atoms with Gasteiger partial charge in [-0.3, -0.25) is 0 Å². The summed E-state index contributed by atoms with van der Waals surface area (Å²) in [6.45, 7) is 0. The van der Waals surface area contributed by atoms with Crippen LogP contribution in [0.2, 0.25) is 0 Å². The molecule has 0 radical (unpaired) electrons. The van der Waals surface area contributed by atoms with E-state index in [2.05, 4.69) is 20.9 Å². The number of rotatable bonds is 1. The van der Waals surface area contributed by atoms with Crippen molar-refractivity contribution in [3.05, 3.63) is 34.7 Å². The van der Waals surface area contributed by atoms with E-state index in [-0.39, 0.29) is 5.56 Å². The molecule has 0 aromatic carbocycles. The first-order valence-corrected chi connectivity index (χ1v) is 4.32. The van der Waals surface area contributed by atoms with E-state index in [9.17, 15) is 4.79 Å². The number of aromatic carboxylic acids is 1. The van der Waals surface area contributed by atoms with Crippen molar-refractivity contribution >= 4 is 27.5 Å². The van der Waals surface area contributed by atoms with Gasteiger partial charge in [0.25, 0.3) is 0 Å². The summed E-state index contributed by atoms with van der Waals surface area (Å²) < 4.78 is 2.47. The van der Waals surface area contributed by atoms with Crippen LogP contribution in [-0.2, 0) is 0 Å². The van der Waals surface area contributed by atoms with Crippen LogP contribution < -0.4 is 0 Å². The predicted molar refractivity (Wildman–Crippen MR) is 49.9 cm³/mol. The molecule has 0 amide bonds. The highest BCUT2D eigenvalue weighted by Crippen LogP contribution is 2.12. The smallest absolute Gasteiger partial charge is 0.337 e. The monoisotopic (exact) mass is 240 g/mol. The Morgan fingerprint density at radius 3 is 3.00 bits per heavy atom. The molecule has 1 N–H and O–H groups in total. The minimum absolute atomic E-state index is 0.241. The molecule has 0 spiro atoms. The maximum atomic E-state index is 10.6. The van der Waals surface area contributed by atoms with Gasteiger partial charge in [0.15, 0.2) is 0 Å². The molecule has 13 heavy (non-hydrogen) atoms. The Bertz CT molecular complexity index is 478. The molecule has 4 nitrogen and oxygen atoms in total. The number of nitrogens with zero attached hydrogens (tertiary/aromatic N) is 2. The normalized spacial score (nSPS) is 10.5. The molecule has 0 unspecified atom stereocenters. The summed E-state index contributed by atoms with van der Waals surface area (Å²) in [5, 5.41) is 8.70. The standard InChI is InChI=1S/C8H5BrN2O2/c9-6-2-10-7-1-5(8(12)13)3-11(7)4-6/h1-4H,(H,12,13). The van der Waals surface area contributed by atoms with Crippen molar-refractivity contribution in [1.82, 2.24) is 9.38 Å². The molecule has 2 aromatic heterocycles. The maximum absolute atomic E-state index is 10.6. The van der Waals surface area contributed by atoms with Gasteiger partial charge >= 0.3 is 5.97 Å². The zero-order valence-corrected chi connectivity index (χ0v) is 8.02. The van der Waals surface area contributed by atoms with Crippen LogP contribution in [-0.4, -0.2) is 20.5 Å². The highest BCUT2D eigenvalue weighted by Gasteiger charge is 2.06. The lowest BCUT2D eigenvalue weighted by Gasteiger charge is -1.92. The van der Waals surface area contributed by atoms with Crippen LogP contribution in [0.1, 0.15) is 10.4 Å². The molecule has 66 valence electrons. The number of carboxylic acids is 1. The number of hydrogen-bond acceptors (Lipinski definition) is 2. The Morgan fingerprint density at radius 2 is 2.31 bits per heavy atom. The van der Waals surface area contributed by atoms with Gasteiger partial charge in [-0.2, -0.15) is 0 Å². The van der Waals surface area contributed by atoms with Crippen molar-refractivity contribution in [3.8, 4) is 0 Å². The molecule has 0 aliphatic heterocycles. The van der Waals surface area contributed by atoms with Gasteiger partial charge in [0.2, 0.25) is 0 Å². The summed E-state index contributed by atoms with van der Waals surface area (Å²) in [5.41, 5.74) is 0.867. The van der Waals surface area contributed by atoms with Gasteiger partial charge in [-0.25, -0.2) is 9.78 Å². The van der Waals surface area contributed by atoms with E-state index in [1.165, 1.54) is 12.3 Å².